The minimum Gasteiger partial charge on any atom is -0.478 e. The van der Waals surface area contributed by atoms with Crippen LogP contribution in [0.1, 0.15) is 73.3 Å². The molecule has 0 unspecified atom stereocenters. The molecule has 2 fully saturated rings. The molecule has 2 amide bonds. The van der Waals surface area contributed by atoms with Gasteiger partial charge >= 0.3 is 5.97 Å². The van der Waals surface area contributed by atoms with Gasteiger partial charge in [-0.2, -0.15) is 0 Å². The van der Waals surface area contributed by atoms with Gasteiger partial charge < -0.3 is 20.3 Å². The number of aromatic nitrogens is 3. The monoisotopic (exact) mass is 563 g/mol. The van der Waals surface area contributed by atoms with E-state index in [1.807, 2.05) is 36.4 Å². The predicted octanol–water partition coefficient (Wildman–Crippen LogP) is 5.99. The van der Waals surface area contributed by atoms with Crippen molar-refractivity contribution in [2.24, 2.45) is 0 Å². The van der Waals surface area contributed by atoms with Crippen LogP contribution in [0.3, 0.4) is 0 Å². The Kier molecular flexibility index (Phi) is 7.56. The largest absolute Gasteiger partial charge is 0.478 e. The summed E-state index contributed by atoms with van der Waals surface area (Å²) in [5, 5.41) is 14.8. The topological polar surface area (TPSA) is 126 Å². The Morgan fingerprint density at radius 3 is 2.40 bits per heavy atom. The number of hydrogen-bond acceptors (Lipinski definition) is 5. The van der Waals surface area contributed by atoms with E-state index < -0.39 is 11.5 Å². The molecular formula is C33H33N5O4. The summed E-state index contributed by atoms with van der Waals surface area (Å²) in [4.78, 5) is 47.4. The summed E-state index contributed by atoms with van der Waals surface area (Å²) in [5.41, 5.74) is 3.24. The summed E-state index contributed by atoms with van der Waals surface area (Å²) >= 11 is 0. The number of pyridine rings is 1. The van der Waals surface area contributed by atoms with Crippen molar-refractivity contribution < 1.29 is 19.5 Å². The second-order valence-electron chi connectivity index (χ2n) is 11.2. The van der Waals surface area contributed by atoms with Crippen molar-refractivity contribution in [2.45, 2.75) is 62.9 Å². The second-order valence-corrected chi connectivity index (χ2v) is 11.2. The molecule has 2 aliphatic carbocycles. The SMILES string of the molecule is O=C(O)/C=C/c1ccc(NC(=O)C2(NC(=O)c3ccc4c(c3)nc(-c3ccccn3)n4C3CCCC3)CCCC2)cc1. The highest BCUT2D eigenvalue weighted by Crippen LogP contribution is 2.37. The first-order valence-electron chi connectivity index (χ1n) is 14.5. The number of carboxylic acids is 1. The van der Waals surface area contributed by atoms with Crippen molar-refractivity contribution >= 4 is 40.6 Å². The smallest absolute Gasteiger partial charge is 0.328 e. The van der Waals surface area contributed by atoms with Gasteiger partial charge in [0.25, 0.3) is 5.91 Å². The maximum atomic E-state index is 13.6. The zero-order valence-electron chi connectivity index (χ0n) is 23.3. The van der Waals surface area contributed by atoms with Crippen LogP contribution in [0.4, 0.5) is 5.69 Å². The van der Waals surface area contributed by atoms with Crippen LogP contribution in [-0.4, -0.2) is 43.0 Å². The molecular weight excluding hydrogens is 530 g/mol. The second kappa shape index (κ2) is 11.6. The van der Waals surface area contributed by atoms with Gasteiger partial charge in [-0.3, -0.25) is 14.6 Å². The Labute approximate surface area is 243 Å². The number of benzene rings is 2. The number of imidazole rings is 1. The van der Waals surface area contributed by atoms with E-state index in [0.717, 1.165) is 54.3 Å². The maximum absolute atomic E-state index is 13.6. The summed E-state index contributed by atoms with van der Waals surface area (Å²) in [7, 11) is 0. The van der Waals surface area contributed by atoms with Gasteiger partial charge in [0.1, 0.15) is 11.2 Å². The van der Waals surface area contributed by atoms with Gasteiger partial charge in [-0.25, -0.2) is 9.78 Å². The Morgan fingerprint density at radius 1 is 0.952 bits per heavy atom. The van der Waals surface area contributed by atoms with Crippen LogP contribution in [-0.2, 0) is 9.59 Å². The van der Waals surface area contributed by atoms with Gasteiger partial charge in [0, 0.05) is 29.6 Å². The highest BCUT2D eigenvalue weighted by atomic mass is 16.4. The van der Waals surface area contributed by atoms with Crippen LogP contribution in [0.2, 0.25) is 0 Å². The molecule has 4 aromatic rings. The minimum absolute atomic E-state index is 0.258. The van der Waals surface area contributed by atoms with Gasteiger partial charge in [-0.15, -0.1) is 0 Å². The van der Waals surface area contributed by atoms with Crippen molar-refractivity contribution in [2.75, 3.05) is 5.32 Å². The van der Waals surface area contributed by atoms with E-state index in [4.69, 9.17) is 10.1 Å². The van der Waals surface area contributed by atoms with Gasteiger partial charge in [0.15, 0.2) is 5.82 Å². The molecule has 2 aromatic heterocycles. The van der Waals surface area contributed by atoms with Crippen LogP contribution in [0, 0.1) is 0 Å². The Hall–Kier alpha value is -4.79. The quantitative estimate of drug-likeness (QED) is 0.226. The number of aliphatic carboxylic acids is 1. The van der Waals surface area contributed by atoms with E-state index in [1.54, 1.807) is 30.5 Å². The first-order valence-corrected chi connectivity index (χ1v) is 14.5. The molecule has 6 rings (SSSR count). The molecule has 0 spiro atoms. The lowest BCUT2D eigenvalue weighted by Crippen LogP contribution is -2.55. The molecule has 2 aromatic carbocycles. The Bertz CT molecular complexity index is 1650. The predicted molar refractivity (Wildman–Crippen MR) is 161 cm³/mol. The molecule has 0 atom stereocenters. The van der Waals surface area contributed by atoms with E-state index in [-0.39, 0.29) is 11.8 Å². The molecule has 2 saturated carbocycles. The lowest BCUT2D eigenvalue weighted by Gasteiger charge is -2.29. The molecule has 9 nitrogen and oxygen atoms in total. The maximum Gasteiger partial charge on any atom is 0.328 e. The summed E-state index contributed by atoms with van der Waals surface area (Å²) in [6.45, 7) is 0. The number of hydrogen-bond donors (Lipinski definition) is 3. The van der Waals surface area contributed by atoms with Gasteiger partial charge in [0.05, 0.1) is 11.0 Å². The normalized spacial score (nSPS) is 16.7. The molecule has 9 heteroatoms. The average molecular weight is 564 g/mol. The van der Waals surface area contributed by atoms with Crippen LogP contribution in [0.5, 0.6) is 0 Å². The zero-order chi connectivity index (χ0) is 29.1. The Morgan fingerprint density at radius 2 is 1.71 bits per heavy atom. The molecule has 0 radical (unpaired) electrons. The van der Waals surface area contributed by atoms with Crippen LogP contribution in [0.15, 0.2) is 72.9 Å². The van der Waals surface area contributed by atoms with Crippen LogP contribution < -0.4 is 10.6 Å². The summed E-state index contributed by atoms with van der Waals surface area (Å²) in [5.74, 6) is -0.781. The van der Waals surface area contributed by atoms with E-state index in [9.17, 15) is 14.4 Å². The number of carbonyl (C=O) groups excluding carboxylic acids is 2. The summed E-state index contributed by atoms with van der Waals surface area (Å²) < 4.78 is 2.28. The van der Waals surface area contributed by atoms with Crippen LogP contribution >= 0.6 is 0 Å². The highest BCUT2D eigenvalue weighted by Gasteiger charge is 2.42. The molecule has 214 valence electrons. The van der Waals surface area contributed by atoms with Crippen molar-refractivity contribution in [1.82, 2.24) is 19.9 Å². The summed E-state index contributed by atoms with van der Waals surface area (Å²) in [6.07, 6.45) is 11.6. The fourth-order valence-electron chi connectivity index (χ4n) is 6.22. The minimum atomic E-state index is -1.03. The number of nitrogens with one attached hydrogen (secondary N) is 2. The third-order valence-corrected chi connectivity index (χ3v) is 8.37. The van der Waals surface area contributed by atoms with Gasteiger partial charge in [-0.05, 0) is 79.8 Å². The van der Waals surface area contributed by atoms with Crippen molar-refractivity contribution in [1.29, 1.82) is 0 Å². The number of nitrogens with zero attached hydrogens (tertiary/aromatic N) is 3. The molecule has 2 heterocycles. The summed E-state index contributed by atoms with van der Waals surface area (Å²) in [6, 6.07) is 18.6. The van der Waals surface area contributed by atoms with E-state index >= 15 is 0 Å². The molecule has 0 aliphatic heterocycles. The number of carbonyl (C=O) groups is 3. The lowest BCUT2D eigenvalue weighted by atomic mass is 9.95. The molecule has 0 saturated heterocycles. The molecule has 2 aliphatic rings. The highest BCUT2D eigenvalue weighted by molar-refractivity contribution is 6.05. The number of carboxylic acid groups (broad SMARTS) is 1. The standard InChI is InChI=1S/C33H33N5O4/c39-29(40)17-12-22-10-14-24(15-11-22)35-32(42)33(18-4-5-19-33)37-31(41)23-13-16-28-27(21-23)36-30(26-9-3-6-20-34-26)38(28)25-7-1-2-8-25/h3,6,9-17,20-21,25H,1-2,4-5,7-8,18-19H2,(H,35,42)(H,37,41)(H,39,40)/b17-12+. The van der Waals surface area contributed by atoms with E-state index in [0.29, 0.717) is 35.7 Å². The first kappa shape index (κ1) is 27.4. The van der Waals surface area contributed by atoms with Gasteiger partial charge in [0.2, 0.25) is 5.91 Å². The van der Waals surface area contributed by atoms with Crippen molar-refractivity contribution in [3.05, 3.63) is 84.1 Å². The number of amides is 2. The van der Waals surface area contributed by atoms with Crippen LogP contribution in [0.25, 0.3) is 28.6 Å². The number of rotatable bonds is 8. The number of fused-ring (bicyclic) bond motifs is 1. The lowest BCUT2D eigenvalue weighted by molar-refractivity contribution is -0.131. The molecule has 0 bridgehead atoms. The average Bonchev–Trinajstić information content (AvgIpc) is 3.77. The number of anilines is 1. The van der Waals surface area contributed by atoms with Crippen molar-refractivity contribution in [3.8, 4) is 11.5 Å². The Balaban J connectivity index is 1.24. The fourth-order valence-corrected chi connectivity index (χ4v) is 6.22. The molecule has 42 heavy (non-hydrogen) atoms. The van der Waals surface area contributed by atoms with Gasteiger partial charge in [-0.1, -0.05) is 43.9 Å². The van der Waals surface area contributed by atoms with E-state index in [1.165, 1.54) is 18.9 Å². The zero-order valence-corrected chi connectivity index (χ0v) is 23.3. The first-order chi connectivity index (χ1) is 20.4. The fraction of sp³-hybridized carbons (Fsp3) is 0.303. The third kappa shape index (κ3) is 5.54. The molecule has 3 N–H and O–H groups in total. The third-order valence-electron chi connectivity index (χ3n) is 8.37. The van der Waals surface area contributed by atoms with E-state index in [2.05, 4.69) is 20.2 Å². The van der Waals surface area contributed by atoms with Crippen molar-refractivity contribution in [3.63, 3.8) is 0 Å².